The van der Waals surface area contributed by atoms with E-state index in [4.69, 9.17) is 10.2 Å². The molecule has 1 atom stereocenters. The number of nitrogens with zero attached hydrogens (tertiary/aromatic N) is 1. The molecule has 2 amide bonds. The number of carbonyl (C=O) groups excluding carboxylic acids is 1. The lowest BCUT2D eigenvalue weighted by atomic mass is 9.92. The number of hydrogen-bond acceptors (Lipinski definition) is 3. The van der Waals surface area contributed by atoms with E-state index in [0.717, 1.165) is 19.3 Å². The van der Waals surface area contributed by atoms with Gasteiger partial charge in [-0.3, -0.25) is 4.79 Å². The van der Waals surface area contributed by atoms with Gasteiger partial charge < -0.3 is 20.4 Å². The number of amides is 2. The lowest BCUT2D eigenvalue weighted by Gasteiger charge is -2.37. The molecule has 1 rings (SSSR count). The summed E-state index contributed by atoms with van der Waals surface area (Å²) >= 11 is 0. The van der Waals surface area contributed by atoms with E-state index in [1.54, 1.807) is 11.8 Å². The van der Waals surface area contributed by atoms with Crippen molar-refractivity contribution in [3.63, 3.8) is 0 Å². The molecule has 0 aliphatic heterocycles. The fourth-order valence-corrected chi connectivity index (χ4v) is 1.69. The molecule has 1 aliphatic carbocycles. The van der Waals surface area contributed by atoms with Crippen molar-refractivity contribution in [1.82, 2.24) is 10.2 Å². The lowest BCUT2D eigenvalue weighted by Crippen LogP contribution is -2.51. The standard InChI is InChI=1S/C11H20N2O4/c1-8(10(15)16)7-12-11(17)13(5-6-14)9-3-2-4-9/h8-9,14H,2-7H2,1H3,(H,12,17)(H,15,16). The molecule has 98 valence electrons. The molecule has 0 heterocycles. The fourth-order valence-electron chi connectivity index (χ4n) is 1.69. The number of rotatable bonds is 6. The predicted molar refractivity (Wildman–Crippen MR) is 61.6 cm³/mol. The van der Waals surface area contributed by atoms with Crippen molar-refractivity contribution >= 4 is 12.0 Å². The summed E-state index contributed by atoms with van der Waals surface area (Å²) in [6, 6.07) is -0.0841. The average Bonchev–Trinajstić information content (AvgIpc) is 2.22. The number of hydrogen-bond donors (Lipinski definition) is 3. The van der Waals surface area contributed by atoms with Gasteiger partial charge in [-0.2, -0.15) is 0 Å². The predicted octanol–water partition coefficient (Wildman–Crippen LogP) is 0.263. The van der Waals surface area contributed by atoms with Crippen molar-refractivity contribution in [2.24, 2.45) is 5.92 Å². The second-order valence-corrected chi connectivity index (χ2v) is 4.43. The second-order valence-electron chi connectivity index (χ2n) is 4.43. The number of nitrogens with one attached hydrogen (secondary N) is 1. The molecule has 3 N–H and O–H groups in total. The molecule has 6 nitrogen and oxygen atoms in total. The van der Waals surface area contributed by atoms with Gasteiger partial charge in [0.2, 0.25) is 0 Å². The Kier molecular flexibility index (Phi) is 5.21. The van der Waals surface area contributed by atoms with Gasteiger partial charge >= 0.3 is 12.0 Å². The maximum atomic E-state index is 11.8. The first-order valence-corrected chi connectivity index (χ1v) is 5.94. The molecule has 1 saturated carbocycles. The van der Waals surface area contributed by atoms with Crippen molar-refractivity contribution in [1.29, 1.82) is 0 Å². The Morgan fingerprint density at radius 1 is 1.47 bits per heavy atom. The molecule has 0 aromatic heterocycles. The zero-order valence-corrected chi connectivity index (χ0v) is 10.1. The highest BCUT2D eigenvalue weighted by Crippen LogP contribution is 2.24. The normalized spacial score (nSPS) is 17.1. The van der Waals surface area contributed by atoms with E-state index >= 15 is 0 Å². The highest BCUT2D eigenvalue weighted by molar-refractivity contribution is 5.76. The van der Waals surface area contributed by atoms with Gasteiger partial charge in [0.25, 0.3) is 0 Å². The fraction of sp³-hybridized carbons (Fsp3) is 0.818. The molecule has 1 unspecified atom stereocenters. The number of carboxylic acids is 1. The number of aliphatic hydroxyl groups is 1. The van der Waals surface area contributed by atoms with Crippen LogP contribution in [-0.2, 0) is 4.79 Å². The van der Waals surface area contributed by atoms with Crippen LogP contribution < -0.4 is 5.32 Å². The second kappa shape index (κ2) is 6.44. The zero-order valence-electron chi connectivity index (χ0n) is 10.1. The van der Waals surface area contributed by atoms with E-state index < -0.39 is 11.9 Å². The minimum Gasteiger partial charge on any atom is -0.481 e. The lowest BCUT2D eigenvalue weighted by molar-refractivity contribution is -0.140. The van der Waals surface area contributed by atoms with Crippen LogP contribution in [0.3, 0.4) is 0 Å². The Hall–Kier alpha value is -1.30. The summed E-state index contributed by atoms with van der Waals surface area (Å²) in [5, 5.41) is 20.2. The van der Waals surface area contributed by atoms with Crippen molar-refractivity contribution in [3.05, 3.63) is 0 Å². The summed E-state index contributed by atoms with van der Waals surface area (Å²) in [6.07, 6.45) is 3.02. The number of aliphatic carboxylic acids is 1. The number of aliphatic hydroxyl groups excluding tert-OH is 1. The highest BCUT2D eigenvalue weighted by Gasteiger charge is 2.28. The first-order chi connectivity index (χ1) is 8.06. The van der Waals surface area contributed by atoms with Gasteiger partial charge in [-0.05, 0) is 19.3 Å². The molecule has 0 radical (unpaired) electrons. The summed E-state index contributed by atoms with van der Waals surface area (Å²) in [6.45, 7) is 1.89. The zero-order chi connectivity index (χ0) is 12.8. The maximum absolute atomic E-state index is 11.8. The Bertz CT molecular complexity index is 279. The van der Waals surface area contributed by atoms with E-state index in [1.165, 1.54) is 0 Å². The topological polar surface area (TPSA) is 89.9 Å². The summed E-state index contributed by atoms with van der Waals surface area (Å²) in [5.74, 6) is -1.53. The van der Waals surface area contributed by atoms with Crippen molar-refractivity contribution in [2.75, 3.05) is 19.7 Å². The SMILES string of the molecule is CC(CNC(=O)N(CCO)C1CCC1)C(=O)O. The first kappa shape index (κ1) is 13.8. The molecule has 0 aromatic carbocycles. The molecule has 0 saturated heterocycles. The van der Waals surface area contributed by atoms with Crippen LogP contribution in [-0.4, -0.2) is 52.9 Å². The van der Waals surface area contributed by atoms with Gasteiger partial charge in [-0.25, -0.2) is 4.79 Å². The van der Waals surface area contributed by atoms with Crippen LogP contribution in [0.2, 0.25) is 0 Å². The van der Waals surface area contributed by atoms with Crippen LogP contribution in [0.15, 0.2) is 0 Å². The monoisotopic (exact) mass is 244 g/mol. The molecule has 0 aromatic rings. The van der Waals surface area contributed by atoms with Crippen LogP contribution in [0, 0.1) is 5.92 Å². The van der Waals surface area contributed by atoms with Gasteiger partial charge in [0.1, 0.15) is 0 Å². The van der Waals surface area contributed by atoms with Crippen LogP contribution in [0.5, 0.6) is 0 Å². The molecule has 0 spiro atoms. The van der Waals surface area contributed by atoms with Crippen LogP contribution in [0.1, 0.15) is 26.2 Å². The van der Waals surface area contributed by atoms with Gasteiger partial charge in [0.15, 0.2) is 0 Å². The van der Waals surface area contributed by atoms with E-state index in [1.807, 2.05) is 0 Å². The van der Waals surface area contributed by atoms with E-state index in [0.29, 0.717) is 6.54 Å². The third-order valence-electron chi connectivity index (χ3n) is 3.10. The molecular weight excluding hydrogens is 224 g/mol. The van der Waals surface area contributed by atoms with Crippen molar-refractivity contribution in [2.45, 2.75) is 32.2 Å². The minimum absolute atomic E-state index is 0.0710. The number of carbonyl (C=O) groups is 2. The highest BCUT2D eigenvalue weighted by atomic mass is 16.4. The van der Waals surface area contributed by atoms with Gasteiger partial charge in [-0.15, -0.1) is 0 Å². The first-order valence-electron chi connectivity index (χ1n) is 5.94. The van der Waals surface area contributed by atoms with Crippen LogP contribution >= 0.6 is 0 Å². The van der Waals surface area contributed by atoms with Crippen molar-refractivity contribution < 1.29 is 19.8 Å². The van der Waals surface area contributed by atoms with Crippen molar-refractivity contribution in [3.8, 4) is 0 Å². The molecule has 0 bridgehead atoms. The Morgan fingerprint density at radius 2 is 2.12 bits per heavy atom. The Balaban J connectivity index is 2.39. The van der Waals surface area contributed by atoms with E-state index in [2.05, 4.69) is 5.32 Å². The largest absolute Gasteiger partial charge is 0.481 e. The summed E-state index contributed by atoms with van der Waals surface area (Å²) in [4.78, 5) is 24.0. The average molecular weight is 244 g/mol. The minimum atomic E-state index is -0.928. The molecule has 17 heavy (non-hydrogen) atoms. The smallest absolute Gasteiger partial charge is 0.317 e. The van der Waals surface area contributed by atoms with Gasteiger partial charge in [-0.1, -0.05) is 6.92 Å². The summed E-state index contributed by atoms with van der Waals surface area (Å²) in [5.41, 5.74) is 0. The summed E-state index contributed by atoms with van der Waals surface area (Å²) < 4.78 is 0. The third kappa shape index (κ3) is 3.89. The molecular formula is C11H20N2O4. The van der Waals surface area contributed by atoms with Gasteiger partial charge in [0.05, 0.1) is 12.5 Å². The van der Waals surface area contributed by atoms with E-state index in [-0.39, 0.29) is 25.2 Å². The van der Waals surface area contributed by atoms with E-state index in [9.17, 15) is 9.59 Å². The number of urea groups is 1. The molecule has 1 aliphatic rings. The molecule has 1 fully saturated rings. The van der Waals surface area contributed by atoms with Crippen LogP contribution in [0.25, 0.3) is 0 Å². The van der Waals surface area contributed by atoms with Crippen LogP contribution in [0.4, 0.5) is 4.79 Å². The molecule has 6 heteroatoms. The summed E-state index contributed by atoms with van der Waals surface area (Å²) in [7, 11) is 0. The Morgan fingerprint density at radius 3 is 2.53 bits per heavy atom. The quantitative estimate of drug-likeness (QED) is 0.625. The maximum Gasteiger partial charge on any atom is 0.317 e. The third-order valence-corrected chi connectivity index (χ3v) is 3.10. The van der Waals surface area contributed by atoms with Gasteiger partial charge in [0, 0.05) is 19.1 Å². The number of carboxylic acid groups (broad SMARTS) is 1. The Labute approximate surface area is 101 Å².